The van der Waals surface area contributed by atoms with Crippen LogP contribution in [0.4, 0.5) is 0 Å². The summed E-state index contributed by atoms with van der Waals surface area (Å²) in [4.78, 5) is 23.1. The second kappa shape index (κ2) is 3.03. The van der Waals surface area contributed by atoms with Crippen molar-refractivity contribution in [3.05, 3.63) is 0 Å². The third kappa shape index (κ3) is 1.42. The predicted molar refractivity (Wildman–Crippen MR) is 40.8 cm³/mol. The number of hydrogen-bond acceptors (Lipinski definition) is 2. The van der Waals surface area contributed by atoms with Crippen molar-refractivity contribution in [3.8, 4) is 0 Å². The molecule has 1 heterocycles. The van der Waals surface area contributed by atoms with Crippen molar-refractivity contribution in [2.75, 3.05) is 0 Å². The Morgan fingerprint density at radius 1 is 1.73 bits per heavy atom. The van der Waals surface area contributed by atoms with Crippen molar-refractivity contribution in [2.24, 2.45) is 0 Å². The van der Waals surface area contributed by atoms with Gasteiger partial charge in [0, 0.05) is 19.4 Å². The van der Waals surface area contributed by atoms with Crippen molar-refractivity contribution in [1.29, 1.82) is 0 Å². The molecule has 0 aliphatic carbocycles. The zero-order valence-corrected chi connectivity index (χ0v) is 6.96. The molecule has 11 heavy (non-hydrogen) atoms. The van der Waals surface area contributed by atoms with E-state index in [4.69, 9.17) is 0 Å². The summed E-state index contributed by atoms with van der Waals surface area (Å²) in [6.07, 6.45) is 2.54. The molecule has 1 atom stereocenters. The fourth-order valence-corrected chi connectivity index (χ4v) is 1.48. The van der Waals surface area contributed by atoms with Crippen LogP contribution in [0.15, 0.2) is 0 Å². The number of imide groups is 1. The van der Waals surface area contributed by atoms with Crippen LogP contribution in [-0.2, 0) is 9.59 Å². The third-order valence-corrected chi connectivity index (χ3v) is 2.01. The Morgan fingerprint density at radius 2 is 2.36 bits per heavy atom. The zero-order chi connectivity index (χ0) is 8.43. The molecule has 1 fully saturated rings. The Kier molecular flexibility index (Phi) is 2.27. The summed E-state index contributed by atoms with van der Waals surface area (Å²) >= 11 is 0. The summed E-state index contributed by atoms with van der Waals surface area (Å²) in [7, 11) is 0. The molecule has 1 aliphatic heterocycles. The Balaban J connectivity index is 2.48. The summed E-state index contributed by atoms with van der Waals surface area (Å²) in [5.41, 5.74) is 0. The molecule has 0 aromatic carbocycles. The Hall–Kier alpha value is -0.860. The molecule has 2 amide bonds. The number of β-lactam (4-membered cyclic amide) rings is 1. The number of rotatable bonds is 2. The van der Waals surface area contributed by atoms with Gasteiger partial charge in [0.05, 0.1) is 0 Å². The highest BCUT2D eigenvalue weighted by atomic mass is 16.2. The van der Waals surface area contributed by atoms with Crippen LogP contribution in [0.3, 0.4) is 0 Å². The van der Waals surface area contributed by atoms with Gasteiger partial charge in [-0.1, -0.05) is 13.3 Å². The maximum atomic E-state index is 10.9. The van der Waals surface area contributed by atoms with Gasteiger partial charge in [-0.2, -0.15) is 0 Å². The maximum absolute atomic E-state index is 10.9. The lowest BCUT2D eigenvalue weighted by molar-refractivity contribution is -0.157. The molecule has 3 heteroatoms. The van der Waals surface area contributed by atoms with E-state index in [0.29, 0.717) is 6.42 Å². The summed E-state index contributed by atoms with van der Waals surface area (Å²) < 4.78 is 0. The van der Waals surface area contributed by atoms with Gasteiger partial charge in [0.1, 0.15) is 0 Å². The summed E-state index contributed by atoms with van der Waals surface area (Å²) in [5.74, 6) is -0.129. The van der Waals surface area contributed by atoms with Crippen molar-refractivity contribution in [2.45, 2.75) is 39.2 Å². The SMILES string of the molecule is CCCC1CC(=O)N1C(C)=O. The molecule has 62 valence electrons. The van der Waals surface area contributed by atoms with Crippen molar-refractivity contribution >= 4 is 11.8 Å². The van der Waals surface area contributed by atoms with Gasteiger partial charge in [0.15, 0.2) is 0 Å². The molecule has 3 nitrogen and oxygen atoms in total. The molecule has 0 radical (unpaired) electrons. The zero-order valence-electron chi connectivity index (χ0n) is 6.96. The third-order valence-electron chi connectivity index (χ3n) is 2.01. The van der Waals surface area contributed by atoms with Crippen LogP contribution < -0.4 is 0 Å². The topological polar surface area (TPSA) is 37.4 Å². The molecule has 0 aromatic heterocycles. The molecule has 1 rings (SSSR count). The minimum Gasteiger partial charge on any atom is -0.279 e. The Labute approximate surface area is 66.4 Å². The predicted octanol–water partition coefficient (Wildman–Crippen LogP) is 0.934. The number of likely N-dealkylation sites (tertiary alicyclic amines) is 1. The average Bonchev–Trinajstić information content (AvgIpc) is 1.85. The first-order chi connectivity index (χ1) is 5.16. The first kappa shape index (κ1) is 8.24. The van der Waals surface area contributed by atoms with Gasteiger partial charge in [0.25, 0.3) is 0 Å². The highest BCUT2D eigenvalue weighted by Gasteiger charge is 2.37. The summed E-state index contributed by atoms with van der Waals surface area (Å²) in [6, 6.07) is 0.199. The standard InChI is InChI=1S/C8H13NO2/c1-3-4-7-5-8(11)9(7)6(2)10/h7H,3-5H2,1-2H3. The average molecular weight is 155 g/mol. The minimum absolute atomic E-state index is 0.0176. The molecular formula is C8H13NO2. The maximum Gasteiger partial charge on any atom is 0.231 e. The van der Waals surface area contributed by atoms with Crippen molar-refractivity contribution in [1.82, 2.24) is 4.90 Å². The van der Waals surface area contributed by atoms with E-state index in [2.05, 4.69) is 6.92 Å². The van der Waals surface area contributed by atoms with Crippen LogP contribution in [0.2, 0.25) is 0 Å². The number of amides is 2. The van der Waals surface area contributed by atoms with Gasteiger partial charge < -0.3 is 0 Å². The normalized spacial score (nSPS) is 23.3. The minimum atomic E-state index is -0.111. The number of carbonyl (C=O) groups is 2. The van der Waals surface area contributed by atoms with Gasteiger partial charge >= 0.3 is 0 Å². The Morgan fingerprint density at radius 3 is 2.73 bits per heavy atom. The van der Waals surface area contributed by atoms with Crippen LogP contribution in [0.1, 0.15) is 33.1 Å². The van der Waals surface area contributed by atoms with Crippen LogP contribution >= 0.6 is 0 Å². The number of carbonyl (C=O) groups excluding carboxylic acids is 2. The second-order valence-corrected chi connectivity index (χ2v) is 2.93. The fraction of sp³-hybridized carbons (Fsp3) is 0.750. The van der Waals surface area contributed by atoms with Gasteiger partial charge in [-0.3, -0.25) is 14.5 Å². The van der Waals surface area contributed by atoms with E-state index in [1.54, 1.807) is 0 Å². The summed E-state index contributed by atoms with van der Waals surface area (Å²) in [5, 5.41) is 0. The highest BCUT2D eigenvalue weighted by molar-refractivity contribution is 5.99. The lowest BCUT2D eigenvalue weighted by Gasteiger charge is -2.37. The Bertz CT molecular complexity index is 181. The molecule has 0 spiro atoms. The molecular weight excluding hydrogens is 142 g/mol. The number of hydrogen-bond donors (Lipinski definition) is 0. The highest BCUT2D eigenvalue weighted by Crippen LogP contribution is 2.22. The quantitative estimate of drug-likeness (QED) is 0.556. The largest absolute Gasteiger partial charge is 0.279 e. The first-order valence-corrected chi connectivity index (χ1v) is 3.99. The van der Waals surface area contributed by atoms with Gasteiger partial charge in [0.2, 0.25) is 11.8 Å². The monoisotopic (exact) mass is 155 g/mol. The van der Waals surface area contributed by atoms with E-state index in [0.717, 1.165) is 12.8 Å². The molecule has 0 saturated carbocycles. The van der Waals surface area contributed by atoms with Crippen LogP contribution in [0.25, 0.3) is 0 Å². The van der Waals surface area contributed by atoms with Gasteiger partial charge in [-0.15, -0.1) is 0 Å². The lowest BCUT2D eigenvalue weighted by Crippen LogP contribution is -2.54. The van der Waals surface area contributed by atoms with E-state index in [1.165, 1.54) is 11.8 Å². The van der Waals surface area contributed by atoms with E-state index < -0.39 is 0 Å². The molecule has 0 aromatic rings. The first-order valence-electron chi connectivity index (χ1n) is 3.99. The van der Waals surface area contributed by atoms with E-state index >= 15 is 0 Å². The molecule has 0 N–H and O–H groups in total. The van der Waals surface area contributed by atoms with Gasteiger partial charge in [-0.05, 0) is 6.42 Å². The molecule has 1 unspecified atom stereocenters. The molecule has 1 aliphatic rings. The second-order valence-electron chi connectivity index (χ2n) is 2.93. The number of nitrogens with zero attached hydrogens (tertiary/aromatic N) is 1. The van der Waals surface area contributed by atoms with Crippen LogP contribution in [0.5, 0.6) is 0 Å². The lowest BCUT2D eigenvalue weighted by atomic mass is 9.97. The van der Waals surface area contributed by atoms with Crippen molar-refractivity contribution in [3.63, 3.8) is 0 Å². The van der Waals surface area contributed by atoms with Gasteiger partial charge in [-0.25, -0.2) is 0 Å². The smallest absolute Gasteiger partial charge is 0.231 e. The van der Waals surface area contributed by atoms with E-state index in [9.17, 15) is 9.59 Å². The van der Waals surface area contributed by atoms with Crippen LogP contribution in [0, 0.1) is 0 Å². The van der Waals surface area contributed by atoms with Crippen LogP contribution in [-0.4, -0.2) is 22.8 Å². The van der Waals surface area contributed by atoms with Crippen molar-refractivity contribution < 1.29 is 9.59 Å². The molecule has 0 bridgehead atoms. The molecule has 1 saturated heterocycles. The van der Waals surface area contributed by atoms with E-state index in [1.807, 2.05) is 0 Å². The summed E-state index contributed by atoms with van der Waals surface area (Å²) in [6.45, 7) is 3.50. The van der Waals surface area contributed by atoms with E-state index in [-0.39, 0.29) is 17.9 Å². The fourth-order valence-electron chi connectivity index (χ4n) is 1.48.